The van der Waals surface area contributed by atoms with Gasteiger partial charge in [0.2, 0.25) is 0 Å². The fourth-order valence-corrected chi connectivity index (χ4v) is 4.19. The molecule has 0 fully saturated rings. The summed E-state index contributed by atoms with van der Waals surface area (Å²) in [7, 11) is 0. The summed E-state index contributed by atoms with van der Waals surface area (Å²) in [6.07, 6.45) is 8.76. The second-order valence-electron chi connectivity index (χ2n) is 14.2. The van der Waals surface area contributed by atoms with Gasteiger partial charge in [0.1, 0.15) is 36.3 Å². The van der Waals surface area contributed by atoms with E-state index in [2.05, 4.69) is 15.0 Å². The molecule has 6 atom stereocenters. The van der Waals surface area contributed by atoms with Crippen LogP contribution >= 0.6 is 0 Å². The summed E-state index contributed by atoms with van der Waals surface area (Å²) in [5.74, 6) is -4.98. The summed E-state index contributed by atoms with van der Waals surface area (Å²) in [4.78, 5) is 70.4. The van der Waals surface area contributed by atoms with E-state index >= 15 is 0 Å². The Morgan fingerprint density at radius 2 is 1.03 bits per heavy atom. The fraction of sp³-hybridized carbons (Fsp3) is 0.553. The monoisotopic (exact) mass is 857 g/mol. The molecule has 0 amide bonds. The molecule has 0 aliphatic carbocycles. The van der Waals surface area contributed by atoms with E-state index in [4.69, 9.17) is 70.8 Å². The first-order valence-corrected chi connectivity index (χ1v) is 18.9. The molecular weight excluding hydrogens is 788 g/mol. The molecule has 0 unspecified atom stereocenters. The maximum atomic E-state index is 10.6. The highest BCUT2D eigenvalue weighted by molar-refractivity contribution is 5.84. The minimum atomic E-state index is -1.00. The maximum Gasteiger partial charge on any atom is 0.320 e. The number of H-pyrrole nitrogens is 2. The Morgan fingerprint density at radius 1 is 0.600 bits per heavy atom. The number of nitrogens with one attached hydrogen (secondary N) is 2. The Morgan fingerprint density at radius 3 is 1.38 bits per heavy atom. The Kier molecular flexibility index (Phi) is 32.7. The first-order valence-electron chi connectivity index (χ1n) is 18.9. The van der Waals surface area contributed by atoms with Gasteiger partial charge in [-0.2, -0.15) is 0 Å². The highest BCUT2D eigenvalue weighted by atomic mass is 16.4. The van der Waals surface area contributed by atoms with Crippen LogP contribution in [0.25, 0.3) is 10.9 Å². The number of carboxylic acids is 6. The third-order valence-electron chi connectivity index (χ3n) is 7.50. The largest absolute Gasteiger partial charge is 0.480 e. The van der Waals surface area contributed by atoms with Gasteiger partial charge in [-0.15, -0.1) is 0 Å². The van der Waals surface area contributed by atoms with E-state index in [1.54, 1.807) is 6.20 Å². The Balaban J connectivity index is -0.000000665. The summed E-state index contributed by atoms with van der Waals surface area (Å²) in [5.41, 5.74) is 39.1. The van der Waals surface area contributed by atoms with Crippen molar-refractivity contribution in [3.8, 4) is 0 Å². The smallest absolute Gasteiger partial charge is 0.320 e. The van der Waals surface area contributed by atoms with Crippen LogP contribution in [0.2, 0.25) is 0 Å². The molecule has 0 radical (unpaired) electrons. The molecule has 3 aromatic rings. The molecule has 342 valence electrons. The molecule has 22 N–H and O–H groups in total. The topological polar surface area (TPSA) is 450 Å². The lowest BCUT2D eigenvalue weighted by Gasteiger charge is -2.07. The normalized spacial score (nSPS) is 13.2. The number of aromatic nitrogens is 3. The number of hydrogen-bond donors (Lipinski definition) is 15. The molecule has 3 rings (SSSR count). The van der Waals surface area contributed by atoms with Crippen molar-refractivity contribution in [2.45, 2.75) is 116 Å². The average Bonchev–Trinajstić information content (AvgIpc) is 3.82. The summed E-state index contributed by atoms with van der Waals surface area (Å²) in [5, 5.41) is 51.0. The minimum Gasteiger partial charge on any atom is -0.480 e. The first kappa shape index (κ1) is 58.8. The van der Waals surface area contributed by atoms with Gasteiger partial charge < -0.3 is 80.7 Å². The van der Waals surface area contributed by atoms with E-state index in [0.717, 1.165) is 35.0 Å². The standard InChI is InChI=1S/C11H12N2O2.C6H9N3O2.C6H14N2O2.2C6H13NO2.C3H7NO2/c12-9(11(14)15)5-7-6-13-10-4-2-1-3-8(7)10;7-5(6(10)11)1-4-2-8-3-9-4;7-4-2-1-3-5(8)6(9)10;2*1-4(2)3-5(7)6(8)9;1-2(4)3(5)6/h1-4,6,9,13H,5,12H2,(H,14,15);2-3,5H,1,7H2,(H,8,9)(H,10,11);5H,1-4,7-8H2,(H,9,10);2*4-5H,3,7H2,1-2H3,(H,8,9);2H,4H2,1H3,(H,5,6)/t9-;4*5-;2-/m100101/s1. The zero-order chi connectivity index (χ0) is 47.1. The van der Waals surface area contributed by atoms with Crippen LogP contribution in [0.4, 0.5) is 0 Å². The van der Waals surface area contributed by atoms with Crippen LogP contribution in [-0.2, 0) is 41.6 Å². The van der Waals surface area contributed by atoms with Crippen molar-refractivity contribution in [1.82, 2.24) is 15.0 Å². The van der Waals surface area contributed by atoms with Gasteiger partial charge in [-0.1, -0.05) is 52.3 Å². The predicted molar refractivity (Wildman–Crippen MR) is 225 cm³/mol. The third-order valence-corrected chi connectivity index (χ3v) is 7.50. The highest BCUT2D eigenvalue weighted by Gasteiger charge is 2.15. The molecule has 0 saturated heterocycles. The predicted octanol–water partition coefficient (Wildman–Crippen LogP) is 0.321. The fourth-order valence-electron chi connectivity index (χ4n) is 4.19. The van der Waals surface area contributed by atoms with Crippen LogP contribution in [0.5, 0.6) is 0 Å². The van der Waals surface area contributed by atoms with Crippen LogP contribution in [0.3, 0.4) is 0 Å². The van der Waals surface area contributed by atoms with E-state index in [1.807, 2.05) is 58.2 Å². The number of imidazole rings is 1. The number of carbonyl (C=O) groups is 6. The van der Waals surface area contributed by atoms with Crippen LogP contribution in [0.15, 0.2) is 43.0 Å². The van der Waals surface area contributed by atoms with E-state index in [0.29, 0.717) is 44.1 Å². The number of fused-ring (bicyclic) bond motifs is 1. The van der Waals surface area contributed by atoms with Crippen LogP contribution in [-0.4, -0.2) is 124 Å². The van der Waals surface area contributed by atoms with Crippen molar-refractivity contribution in [3.05, 3.63) is 54.2 Å². The molecule has 2 heterocycles. The minimum absolute atomic E-state index is 0.287. The molecule has 2 aromatic heterocycles. The number of nitrogens with zero attached hydrogens (tertiary/aromatic N) is 1. The molecule has 0 saturated carbocycles. The van der Waals surface area contributed by atoms with Crippen LogP contribution in [0, 0.1) is 11.8 Å². The van der Waals surface area contributed by atoms with Gasteiger partial charge >= 0.3 is 35.8 Å². The lowest BCUT2D eigenvalue weighted by Crippen LogP contribution is -2.32. The second-order valence-corrected chi connectivity index (χ2v) is 14.2. The number of hydrogen-bond acceptors (Lipinski definition) is 14. The van der Waals surface area contributed by atoms with Crippen molar-refractivity contribution in [2.75, 3.05) is 6.54 Å². The van der Waals surface area contributed by atoms with Crippen LogP contribution < -0.4 is 40.1 Å². The van der Waals surface area contributed by atoms with Gasteiger partial charge in [0.25, 0.3) is 0 Å². The Hall–Kier alpha value is -5.49. The molecule has 0 spiro atoms. The number of aromatic amines is 2. The van der Waals surface area contributed by atoms with Crippen molar-refractivity contribution in [2.24, 2.45) is 52.0 Å². The first-order chi connectivity index (χ1) is 27.8. The van der Waals surface area contributed by atoms with E-state index in [9.17, 15) is 28.8 Å². The number of carboxylic acid groups (broad SMARTS) is 6. The molecule has 60 heavy (non-hydrogen) atoms. The molecule has 0 aliphatic rings. The van der Waals surface area contributed by atoms with Crippen molar-refractivity contribution in [3.63, 3.8) is 0 Å². The van der Waals surface area contributed by atoms with Gasteiger partial charge in [0.05, 0.1) is 6.33 Å². The number of benzene rings is 1. The molecular formula is C38H68N10O12. The van der Waals surface area contributed by atoms with E-state index in [-0.39, 0.29) is 6.42 Å². The molecule has 22 nitrogen and oxygen atoms in total. The average molecular weight is 857 g/mol. The molecule has 1 aromatic carbocycles. The zero-order valence-corrected chi connectivity index (χ0v) is 34.9. The summed E-state index contributed by atoms with van der Waals surface area (Å²) in [6.45, 7) is 9.81. The molecule has 0 bridgehead atoms. The van der Waals surface area contributed by atoms with Gasteiger partial charge in [0, 0.05) is 41.8 Å². The highest BCUT2D eigenvalue weighted by Crippen LogP contribution is 2.18. The van der Waals surface area contributed by atoms with Crippen molar-refractivity contribution >= 4 is 46.7 Å². The van der Waals surface area contributed by atoms with Gasteiger partial charge in [-0.25, -0.2) is 4.98 Å². The summed E-state index contributed by atoms with van der Waals surface area (Å²) < 4.78 is 0. The van der Waals surface area contributed by atoms with E-state index < -0.39 is 72.1 Å². The number of rotatable bonds is 18. The number of aliphatic carboxylic acids is 6. The Labute approximate surface area is 349 Å². The Bertz CT molecular complexity index is 1630. The van der Waals surface area contributed by atoms with Gasteiger partial charge in [-0.05, 0) is 62.6 Å². The summed E-state index contributed by atoms with van der Waals surface area (Å²) in [6, 6.07) is 3.23. The number of para-hydroxylation sites is 1. The lowest BCUT2D eigenvalue weighted by atomic mass is 10.1. The molecule has 0 aliphatic heterocycles. The quantitative estimate of drug-likeness (QED) is 0.0766. The van der Waals surface area contributed by atoms with Crippen molar-refractivity contribution < 1.29 is 59.4 Å². The molecule has 22 heteroatoms. The third kappa shape index (κ3) is 31.5. The number of unbranched alkanes of at least 4 members (excludes halogenated alkanes) is 1. The SMILES string of the molecule is CC(C)C[C@@H](N)C(=O)O.CC(C)C[C@H](N)C(=O)O.C[C@@H](N)C(=O)O.NCCCC[C@H](N)C(=O)O.N[C@@H](Cc1cnc[nH]1)C(=O)O.N[C@H](Cc1c[nH]c2ccccc12)C(=O)O. The van der Waals surface area contributed by atoms with Crippen molar-refractivity contribution in [1.29, 1.82) is 0 Å². The van der Waals surface area contributed by atoms with E-state index in [1.165, 1.54) is 13.3 Å². The summed E-state index contributed by atoms with van der Waals surface area (Å²) >= 11 is 0. The van der Waals surface area contributed by atoms with Gasteiger partial charge in [0.15, 0.2) is 0 Å². The zero-order valence-electron chi connectivity index (χ0n) is 34.9. The lowest BCUT2D eigenvalue weighted by molar-refractivity contribution is -0.139. The maximum absolute atomic E-state index is 10.6. The van der Waals surface area contributed by atoms with Crippen LogP contribution in [0.1, 0.15) is 78.0 Å². The second kappa shape index (κ2) is 33.4. The number of nitrogens with two attached hydrogens (primary N) is 7. The van der Waals surface area contributed by atoms with Gasteiger partial charge in [-0.3, -0.25) is 28.8 Å².